The number of hydrogen-bond donors (Lipinski definition) is 1. The lowest BCUT2D eigenvalue weighted by atomic mass is 10.3. The fourth-order valence-electron chi connectivity index (χ4n) is 0.743. The van der Waals surface area contributed by atoms with E-state index in [-0.39, 0.29) is 0 Å². The highest BCUT2D eigenvalue weighted by Crippen LogP contribution is 1.92. The van der Waals surface area contributed by atoms with Crippen LogP contribution >= 0.6 is 0 Å². The highest BCUT2D eigenvalue weighted by atomic mass is 14.8. The Morgan fingerprint density at radius 2 is 1.85 bits per heavy atom. The topological polar surface area (TPSA) is 24.9 Å². The van der Waals surface area contributed by atoms with Gasteiger partial charge in [-0.15, -0.1) is 0 Å². The Kier molecular flexibility index (Phi) is 4.11. The summed E-state index contributed by atoms with van der Waals surface area (Å²) in [5.41, 5.74) is 0.947. The molecule has 0 radical (unpaired) electrons. The maximum Gasteiger partial charge on any atom is 0.0306 e. The minimum Gasteiger partial charge on any atom is -0.362 e. The highest BCUT2D eigenvalue weighted by Gasteiger charge is 1.81. The van der Waals surface area contributed by atoms with E-state index < -0.39 is 0 Å². The minimum absolute atomic E-state index is 0.947. The maximum absolute atomic E-state index is 3.78. The number of nitrogens with one attached hydrogen (secondary N) is 1. The van der Waals surface area contributed by atoms with E-state index in [0.29, 0.717) is 0 Å². The van der Waals surface area contributed by atoms with Gasteiger partial charge in [0.15, 0.2) is 0 Å². The van der Waals surface area contributed by atoms with Crippen molar-refractivity contribution in [3.8, 4) is 0 Å². The van der Waals surface area contributed by atoms with Crippen LogP contribution in [0.2, 0.25) is 0 Å². The van der Waals surface area contributed by atoms with Crippen LogP contribution in [0.15, 0.2) is 67.3 Å². The summed E-state index contributed by atoms with van der Waals surface area (Å²) in [6, 6.07) is 5.72. The Morgan fingerprint density at radius 3 is 2.08 bits per heavy atom. The molecule has 0 amide bonds. The average Bonchev–Trinajstić information content (AvgIpc) is 2.22. The molecular formula is C11H12N2. The van der Waals surface area contributed by atoms with Crippen molar-refractivity contribution in [3.63, 3.8) is 0 Å². The third-order valence-electron chi connectivity index (χ3n) is 1.34. The van der Waals surface area contributed by atoms with Gasteiger partial charge in [0.25, 0.3) is 0 Å². The largest absolute Gasteiger partial charge is 0.362 e. The monoisotopic (exact) mass is 172 g/mol. The van der Waals surface area contributed by atoms with Crippen LogP contribution in [0.3, 0.4) is 0 Å². The first-order valence-electron chi connectivity index (χ1n) is 4.03. The van der Waals surface area contributed by atoms with Crippen molar-refractivity contribution in [1.29, 1.82) is 0 Å². The van der Waals surface area contributed by atoms with E-state index in [4.69, 9.17) is 0 Å². The zero-order chi connectivity index (χ0) is 9.36. The molecule has 0 saturated heterocycles. The number of hydrogen-bond acceptors (Lipinski definition) is 2. The quantitative estimate of drug-likeness (QED) is 0.649. The van der Waals surface area contributed by atoms with E-state index in [1.165, 1.54) is 0 Å². The highest BCUT2D eigenvalue weighted by molar-refractivity contribution is 5.23. The first kappa shape index (κ1) is 9.26. The summed E-state index contributed by atoms with van der Waals surface area (Å²) in [5.74, 6) is 0. The molecule has 2 nitrogen and oxygen atoms in total. The number of aromatic nitrogens is 1. The van der Waals surface area contributed by atoms with Gasteiger partial charge in [-0.05, 0) is 24.3 Å². The van der Waals surface area contributed by atoms with Gasteiger partial charge in [-0.25, -0.2) is 0 Å². The molecule has 13 heavy (non-hydrogen) atoms. The minimum atomic E-state index is 0.947. The summed E-state index contributed by atoms with van der Waals surface area (Å²) in [6.07, 6.45) is 11.1. The molecule has 0 atom stereocenters. The Balaban J connectivity index is 0.000000132. The molecule has 0 unspecified atom stereocenters. The van der Waals surface area contributed by atoms with Crippen LogP contribution in [0.4, 0.5) is 0 Å². The van der Waals surface area contributed by atoms with Gasteiger partial charge in [-0.3, -0.25) is 4.98 Å². The Bertz CT molecular complexity index is 272. The maximum atomic E-state index is 3.78. The first-order chi connectivity index (χ1) is 6.39. The van der Waals surface area contributed by atoms with Gasteiger partial charge in [-0.2, -0.15) is 0 Å². The predicted octanol–water partition coefficient (Wildman–Crippen LogP) is 2.25. The van der Waals surface area contributed by atoms with Gasteiger partial charge in [0.1, 0.15) is 0 Å². The van der Waals surface area contributed by atoms with Gasteiger partial charge in [0.05, 0.1) is 0 Å². The number of nitrogens with zero attached hydrogens (tertiary/aromatic N) is 1. The summed E-state index contributed by atoms with van der Waals surface area (Å²) in [4.78, 5) is 3.78. The third-order valence-corrected chi connectivity index (χ3v) is 1.34. The normalized spacial score (nSPS) is 12.8. The average molecular weight is 172 g/mol. The van der Waals surface area contributed by atoms with Crippen molar-refractivity contribution in [2.24, 2.45) is 0 Å². The number of allylic oxidation sites excluding steroid dienone is 3. The molecule has 0 spiro atoms. The van der Waals surface area contributed by atoms with Crippen molar-refractivity contribution in [2.45, 2.75) is 0 Å². The summed E-state index contributed by atoms with van der Waals surface area (Å²) in [5, 5.41) is 2.92. The third kappa shape index (κ3) is 4.58. The fourth-order valence-corrected chi connectivity index (χ4v) is 0.743. The van der Waals surface area contributed by atoms with Gasteiger partial charge >= 0.3 is 0 Å². The molecule has 1 aliphatic heterocycles. The van der Waals surface area contributed by atoms with Crippen LogP contribution in [0, 0.1) is 0 Å². The molecule has 0 saturated carbocycles. The zero-order valence-electron chi connectivity index (χ0n) is 7.35. The second kappa shape index (κ2) is 5.77. The van der Waals surface area contributed by atoms with Crippen LogP contribution in [0.5, 0.6) is 0 Å². The summed E-state index contributed by atoms with van der Waals surface area (Å²) < 4.78 is 0. The van der Waals surface area contributed by atoms with Crippen LogP contribution < -0.4 is 5.32 Å². The lowest BCUT2D eigenvalue weighted by molar-refractivity contribution is 1.11. The molecule has 1 aromatic heterocycles. The summed E-state index contributed by atoms with van der Waals surface area (Å²) in [7, 11) is 0. The molecule has 1 N–H and O–H groups in total. The van der Waals surface area contributed by atoms with E-state index >= 15 is 0 Å². The Morgan fingerprint density at radius 1 is 1.08 bits per heavy atom. The predicted molar refractivity (Wildman–Crippen MR) is 54.8 cm³/mol. The molecule has 66 valence electrons. The second-order valence-electron chi connectivity index (χ2n) is 2.41. The molecule has 2 rings (SSSR count). The van der Waals surface area contributed by atoms with Crippen molar-refractivity contribution in [1.82, 2.24) is 10.3 Å². The van der Waals surface area contributed by atoms with E-state index in [1.807, 2.05) is 42.6 Å². The molecule has 1 aliphatic rings. The van der Waals surface area contributed by atoms with Crippen LogP contribution in [-0.2, 0) is 0 Å². The molecular weight excluding hydrogens is 160 g/mol. The van der Waals surface area contributed by atoms with Crippen molar-refractivity contribution in [3.05, 3.63) is 67.3 Å². The van der Waals surface area contributed by atoms with Crippen molar-refractivity contribution >= 4 is 0 Å². The molecule has 2 heteroatoms. The first-order valence-corrected chi connectivity index (χ1v) is 4.03. The fraction of sp³-hybridized carbons (Fsp3) is 0. The van der Waals surface area contributed by atoms with Crippen LogP contribution in [0.1, 0.15) is 0 Å². The van der Waals surface area contributed by atoms with Gasteiger partial charge in [-0.1, -0.05) is 18.7 Å². The van der Waals surface area contributed by atoms with Gasteiger partial charge in [0.2, 0.25) is 0 Å². The summed E-state index contributed by atoms with van der Waals surface area (Å²) in [6.45, 7) is 3.66. The molecule has 2 heterocycles. The van der Waals surface area contributed by atoms with E-state index in [9.17, 15) is 0 Å². The number of rotatable bonds is 0. The molecule has 1 aromatic rings. The van der Waals surface area contributed by atoms with Crippen LogP contribution in [0.25, 0.3) is 0 Å². The van der Waals surface area contributed by atoms with E-state index in [2.05, 4.69) is 16.9 Å². The zero-order valence-corrected chi connectivity index (χ0v) is 7.35. The van der Waals surface area contributed by atoms with Crippen molar-refractivity contribution in [2.75, 3.05) is 0 Å². The molecule has 0 aromatic carbocycles. The molecule has 0 aliphatic carbocycles. The SMILES string of the molecule is C=C1C=CC=CN1.c1ccncc1. The number of dihydropyridines is 1. The second-order valence-corrected chi connectivity index (χ2v) is 2.41. The smallest absolute Gasteiger partial charge is 0.0306 e. The van der Waals surface area contributed by atoms with Crippen LogP contribution in [-0.4, -0.2) is 4.98 Å². The Hall–Kier alpha value is -1.83. The molecule has 0 bridgehead atoms. The van der Waals surface area contributed by atoms with Crippen molar-refractivity contribution < 1.29 is 0 Å². The number of pyridine rings is 1. The summed E-state index contributed by atoms with van der Waals surface area (Å²) >= 11 is 0. The van der Waals surface area contributed by atoms with Gasteiger partial charge < -0.3 is 5.32 Å². The standard InChI is InChI=1S/C6H7N.C5H5N/c1-6-4-2-3-5-7-6;1-2-4-6-5-3-1/h2-5,7H,1H2;1-5H. The lowest BCUT2D eigenvalue weighted by Gasteiger charge is -1.99. The van der Waals surface area contributed by atoms with E-state index in [1.54, 1.807) is 12.4 Å². The van der Waals surface area contributed by atoms with Gasteiger partial charge in [0, 0.05) is 24.3 Å². The Labute approximate surface area is 78.3 Å². The molecule has 0 fully saturated rings. The van der Waals surface area contributed by atoms with E-state index in [0.717, 1.165) is 5.70 Å². The lowest BCUT2D eigenvalue weighted by Crippen LogP contribution is -2.01.